The van der Waals surface area contributed by atoms with Gasteiger partial charge in [-0.1, -0.05) is 35.0 Å². The summed E-state index contributed by atoms with van der Waals surface area (Å²) in [6.07, 6.45) is 3.47. The molecule has 0 aliphatic rings. The minimum atomic E-state index is -0.565. The van der Waals surface area contributed by atoms with Crippen LogP contribution in [0.5, 0.6) is 0 Å². The van der Waals surface area contributed by atoms with Crippen molar-refractivity contribution in [3.8, 4) is 11.6 Å². The highest BCUT2D eigenvalue weighted by atomic mass is 35.5. The van der Waals surface area contributed by atoms with Crippen molar-refractivity contribution in [3.63, 3.8) is 0 Å². The van der Waals surface area contributed by atoms with Gasteiger partial charge in [-0.15, -0.1) is 0 Å². The third kappa shape index (κ3) is 2.19. The SMILES string of the molecule is Cn1ccnc1-c1noc([C@H](N)c2ccccc2Cl)n1. The summed E-state index contributed by atoms with van der Waals surface area (Å²) in [7, 11) is 1.85. The van der Waals surface area contributed by atoms with E-state index in [1.165, 1.54) is 0 Å². The average molecular weight is 290 g/mol. The first-order chi connectivity index (χ1) is 9.66. The standard InChI is InChI=1S/C13H12ClN5O/c1-19-7-6-16-12(19)11-17-13(20-18-11)10(15)8-4-2-3-5-9(8)14/h2-7,10H,15H2,1H3/t10-/m1/s1. The molecule has 2 heterocycles. The fourth-order valence-electron chi connectivity index (χ4n) is 1.89. The van der Waals surface area contributed by atoms with Gasteiger partial charge in [0.05, 0.1) is 0 Å². The number of nitrogens with two attached hydrogens (primary N) is 1. The molecule has 102 valence electrons. The van der Waals surface area contributed by atoms with E-state index in [-0.39, 0.29) is 0 Å². The molecule has 0 unspecified atom stereocenters. The maximum atomic E-state index is 6.11. The highest BCUT2D eigenvalue weighted by molar-refractivity contribution is 6.31. The quantitative estimate of drug-likeness (QED) is 0.799. The molecular formula is C13H12ClN5O. The normalized spacial score (nSPS) is 12.6. The van der Waals surface area contributed by atoms with E-state index < -0.39 is 6.04 Å². The Balaban J connectivity index is 1.95. The van der Waals surface area contributed by atoms with E-state index in [9.17, 15) is 0 Å². The Morgan fingerprint density at radius 1 is 1.35 bits per heavy atom. The van der Waals surface area contributed by atoms with Gasteiger partial charge in [-0.3, -0.25) is 0 Å². The Morgan fingerprint density at radius 3 is 2.85 bits per heavy atom. The van der Waals surface area contributed by atoms with Crippen LogP contribution in [0.1, 0.15) is 17.5 Å². The number of benzene rings is 1. The second-order valence-corrected chi connectivity index (χ2v) is 4.72. The zero-order valence-corrected chi connectivity index (χ0v) is 11.4. The molecular weight excluding hydrogens is 278 g/mol. The monoisotopic (exact) mass is 289 g/mol. The van der Waals surface area contributed by atoms with Crippen LogP contribution in [-0.4, -0.2) is 19.7 Å². The van der Waals surface area contributed by atoms with Gasteiger partial charge in [0.25, 0.3) is 0 Å². The van der Waals surface area contributed by atoms with Gasteiger partial charge in [0.1, 0.15) is 6.04 Å². The van der Waals surface area contributed by atoms with Crippen molar-refractivity contribution in [1.82, 2.24) is 19.7 Å². The van der Waals surface area contributed by atoms with E-state index in [0.29, 0.717) is 22.6 Å². The largest absolute Gasteiger partial charge is 0.337 e. The molecule has 0 saturated heterocycles. The van der Waals surface area contributed by atoms with Crippen molar-refractivity contribution in [1.29, 1.82) is 0 Å². The lowest BCUT2D eigenvalue weighted by atomic mass is 10.1. The third-order valence-corrected chi connectivity index (χ3v) is 3.31. The van der Waals surface area contributed by atoms with Crippen molar-refractivity contribution < 1.29 is 4.52 Å². The number of imidazole rings is 1. The van der Waals surface area contributed by atoms with Gasteiger partial charge < -0.3 is 14.8 Å². The van der Waals surface area contributed by atoms with Crippen LogP contribution in [0.3, 0.4) is 0 Å². The van der Waals surface area contributed by atoms with E-state index in [2.05, 4.69) is 15.1 Å². The second kappa shape index (κ2) is 5.07. The minimum Gasteiger partial charge on any atom is -0.337 e. The number of rotatable bonds is 3. The Bertz CT molecular complexity index is 736. The molecule has 20 heavy (non-hydrogen) atoms. The highest BCUT2D eigenvalue weighted by Gasteiger charge is 2.20. The predicted octanol–water partition coefficient (Wildman–Crippen LogP) is 2.17. The third-order valence-electron chi connectivity index (χ3n) is 2.97. The van der Waals surface area contributed by atoms with Crippen molar-refractivity contribution >= 4 is 11.6 Å². The molecule has 3 aromatic rings. The first-order valence-corrected chi connectivity index (χ1v) is 6.36. The summed E-state index contributed by atoms with van der Waals surface area (Å²) in [5.74, 6) is 1.32. The summed E-state index contributed by atoms with van der Waals surface area (Å²) in [6.45, 7) is 0. The molecule has 1 atom stereocenters. The molecule has 1 aromatic carbocycles. The Morgan fingerprint density at radius 2 is 2.15 bits per heavy atom. The van der Waals surface area contributed by atoms with Crippen LogP contribution in [0.2, 0.25) is 5.02 Å². The molecule has 0 spiro atoms. The summed E-state index contributed by atoms with van der Waals surface area (Å²) >= 11 is 6.11. The van der Waals surface area contributed by atoms with Gasteiger partial charge in [-0.25, -0.2) is 4.98 Å². The van der Waals surface area contributed by atoms with E-state index in [4.69, 9.17) is 21.9 Å². The van der Waals surface area contributed by atoms with Gasteiger partial charge in [0.15, 0.2) is 5.82 Å². The van der Waals surface area contributed by atoms with Gasteiger partial charge in [0.2, 0.25) is 11.7 Å². The number of nitrogens with zero attached hydrogens (tertiary/aromatic N) is 4. The van der Waals surface area contributed by atoms with Crippen LogP contribution in [0.25, 0.3) is 11.6 Å². The van der Waals surface area contributed by atoms with Crippen LogP contribution in [-0.2, 0) is 7.05 Å². The molecule has 2 N–H and O–H groups in total. The highest BCUT2D eigenvalue weighted by Crippen LogP contribution is 2.26. The Hall–Kier alpha value is -2.18. The van der Waals surface area contributed by atoms with E-state index in [0.717, 1.165) is 5.56 Å². The summed E-state index contributed by atoms with van der Waals surface area (Å²) < 4.78 is 7.02. The van der Waals surface area contributed by atoms with Crippen LogP contribution in [0, 0.1) is 0 Å². The van der Waals surface area contributed by atoms with E-state index >= 15 is 0 Å². The first-order valence-electron chi connectivity index (χ1n) is 5.98. The maximum Gasteiger partial charge on any atom is 0.248 e. The Kier molecular flexibility index (Phi) is 3.25. The van der Waals surface area contributed by atoms with Crippen molar-refractivity contribution in [2.24, 2.45) is 12.8 Å². The molecule has 7 heteroatoms. The lowest BCUT2D eigenvalue weighted by molar-refractivity contribution is 0.367. The smallest absolute Gasteiger partial charge is 0.248 e. The number of hydrogen-bond acceptors (Lipinski definition) is 5. The van der Waals surface area contributed by atoms with E-state index in [1.807, 2.05) is 25.2 Å². The molecule has 6 nitrogen and oxygen atoms in total. The molecule has 0 radical (unpaired) electrons. The van der Waals surface area contributed by atoms with Crippen molar-refractivity contribution in [2.75, 3.05) is 0 Å². The minimum absolute atomic E-state index is 0.302. The lowest BCUT2D eigenvalue weighted by Crippen LogP contribution is -2.12. The van der Waals surface area contributed by atoms with Crippen molar-refractivity contribution in [3.05, 3.63) is 53.1 Å². The molecule has 2 aromatic heterocycles. The van der Waals surface area contributed by atoms with Crippen molar-refractivity contribution in [2.45, 2.75) is 6.04 Å². The summed E-state index contributed by atoms with van der Waals surface area (Å²) in [5, 5.41) is 4.47. The van der Waals surface area contributed by atoms with Gasteiger partial charge >= 0.3 is 0 Å². The fourth-order valence-corrected chi connectivity index (χ4v) is 2.15. The molecule has 3 rings (SSSR count). The topological polar surface area (TPSA) is 82.8 Å². The maximum absolute atomic E-state index is 6.11. The zero-order valence-electron chi connectivity index (χ0n) is 10.7. The van der Waals surface area contributed by atoms with Crippen LogP contribution < -0.4 is 5.73 Å². The predicted molar refractivity (Wildman–Crippen MR) is 74.0 cm³/mol. The Labute approximate surface area is 120 Å². The van der Waals surface area contributed by atoms with Gasteiger partial charge in [-0.05, 0) is 11.6 Å². The molecule has 0 bridgehead atoms. The molecule has 0 saturated carbocycles. The summed E-state index contributed by atoms with van der Waals surface area (Å²) in [4.78, 5) is 8.45. The average Bonchev–Trinajstić information content (AvgIpc) is 3.07. The molecule has 0 aliphatic heterocycles. The summed E-state index contributed by atoms with van der Waals surface area (Å²) in [5.41, 5.74) is 6.85. The zero-order chi connectivity index (χ0) is 14.1. The van der Waals surface area contributed by atoms with Crippen LogP contribution >= 0.6 is 11.6 Å². The fraction of sp³-hybridized carbons (Fsp3) is 0.154. The van der Waals surface area contributed by atoms with Gasteiger partial charge in [0, 0.05) is 24.5 Å². The number of aromatic nitrogens is 4. The number of aryl methyl sites for hydroxylation is 1. The second-order valence-electron chi connectivity index (χ2n) is 4.32. The molecule has 0 amide bonds. The van der Waals surface area contributed by atoms with E-state index in [1.54, 1.807) is 23.0 Å². The van der Waals surface area contributed by atoms with Crippen LogP contribution in [0.4, 0.5) is 0 Å². The summed E-state index contributed by atoms with van der Waals surface area (Å²) in [6, 6.07) is 6.73. The van der Waals surface area contributed by atoms with Crippen LogP contribution in [0.15, 0.2) is 41.2 Å². The number of halogens is 1. The van der Waals surface area contributed by atoms with Gasteiger partial charge in [-0.2, -0.15) is 4.98 Å². The molecule has 0 fully saturated rings. The first kappa shape index (κ1) is 12.8. The number of hydrogen-bond donors (Lipinski definition) is 1. The lowest BCUT2D eigenvalue weighted by Gasteiger charge is -2.08. The molecule has 0 aliphatic carbocycles.